The van der Waals surface area contributed by atoms with E-state index in [9.17, 15) is 0 Å². The predicted molar refractivity (Wildman–Crippen MR) is 84.2 cm³/mol. The van der Waals surface area contributed by atoms with Gasteiger partial charge in [-0.15, -0.1) is 0 Å². The molecule has 94 valence electrons. The Labute approximate surface area is 122 Å². The zero-order chi connectivity index (χ0) is 13.1. The van der Waals surface area contributed by atoms with Crippen LogP contribution in [-0.4, -0.2) is 0 Å². The molecular weight excluding hydrogens is 335 g/mol. The number of nitrogens with two attached hydrogens (primary N) is 1. The number of benzene rings is 2. The summed E-state index contributed by atoms with van der Waals surface area (Å²) in [4.78, 5) is 0. The Morgan fingerprint density at radius 2 is 1.72 bits per heavy atom. The Bertz CT molecular complexity index is 535. The van der Waals surface area contributed by atoms with E-state index in [1.807, 2.05) is 0 Å². The molecular formula is C15H17IN2. The number of hydrazine groups is 1. The molecule has 0 spiro atoms. The van der Waals surface area contributed by atoms with E-state index in [0.717, 1.165) is 0 Å². The molecule has 0 amide bonds. The Hall–Kier alpha value is -0.910. The van der Waals surface area contributed by atoms with Gasteiger partial charge in [-0.1, -0.05) is 48.0 Å². The van der Waals surface area contributed by atoms with Gasteiger partial charge in [0.25, 0.3) is 0 Å². The maximum Gasteiger partial charge on any atom is 0.0720 e. The summed E-state index contributed by atoms with van der Waals surface area (Å²) in [5.74, 6) is 5.74. The van der Waals surface area contributed by atoms with Gasteiger partial charge in [-0.2, -0.15) is 0 Å². The highest BCUT2D eigenvalue weighted by Crippen LogP contribution is 2.27. The smallest absolute Gasteiger partial charge is 0.0720 e. The number of hydrogen-bond donors (Lipinski definition) is 2. The first-order chi connectivity index (χ1) is 8.63. The molecule has 1 unspecified atom stereocenters. The van der Waals surface area contributed by atoms with Crippen LogP contribution in [0.4, 0.5) is 0 Å². The summed E-state index contributed by atoms with van der Waals surface area (Å²) >= 11 is 2.38. The van der Waals surface area contributed by atoms with E-state index in [0.29, 0.717) is 0 Å². The summed E-state index contributed by atoms with van der Waals surface area (Å²) in [7, 11) is 0. The van der Waals surface area contributed by atoms with Crippen LogP contribution in [0.3, 0.4) is 0 Å². The van der Waals surface area contributed by atoms with Gasteiger partial charge in [-0.25, -0.2) is 5.43 Å². The van der Waals surface area contributed by atoms with Gasteiger partial charge in [0.15, 0.2) is 0 Å². The van der Waals surface area contributed by atoms with Gasteiger partial charge in [0.05, 0.1) is 6.04 Å². The minimum absolute atomic E-state index is 0.0393. The lowest BCUT2D eigenvalue weighted by molar-refractivity contribution is 0.633. The monoisotopic (exact) mass is 352 g/mol. The highest BCUT2D eigenvalue weighted by molar-refractivity contribution is 14.1. The number of hydrogen-bond acceptors (Lipinski definition) is 2. The Kier molecular flexibility index (Phi) is 4.37. The van der Waals surface area contributed by atoms with Crippen molar-refractivity contribution >= 4 is 22.6 Å². The van der Waals surface area contributed by atoms with Gasteiger partial charge < -0.3 is 0 Å². The number of nitrogens with one attached hydrogen (secondary N) is 1. The molecule has 18 heavy (non-hydrogen) atoms. The van der Waals surface area contributed by atoms with Crippen molar-refractivity contribution in [3.05, 3.63) is 68.3 Å². The second-order valence-electron chi connectivity index (χ2n) is 4.49. The molecule has 0 saturated carbocycles. The molecule has 0 heterocycles. The van der Waals surface area contributed by atoms with Crippen molar-refractivity contribution in [3.8, 4) is 0 Å². The fourth-order valence-electron chi connectivity index (χ4n) is 2.02. The van der Waals surface area contributed by atoms with Gasteiger partial charge in [-0.3, -0.25) is 5.84 Å². The van der Waals surface area contributed by atoms with E-state index in [2.05, 4.69) is 84.3 Å². The first-order valence-corrected chi connectivity index (χ1v) is 6.99. The highest BCUT2D eigenvalue weighted by Gasteiger charge is 2.15. The maximum atomic E-state index is 5.74. The molecule has 2 aromatic carbocycles. The van der Waals surface area contributed by atoms with Crippen LogP contribution in [-0.2, 0) is 0 Å². The van der Waals surface area contributed by atoms with Crippen molar-refractivity contribution in [2.24, 2.45) is 5.84 Å². The lowest BCUT2D eigenvalue weighted by atomic mass is 9.97. The quantitative estimate of drug-likeness (QED) is 0.504. The Balaban J connectivity index is 2.45. The predicted octanol–water partition coefficient (Wildman–Crippen LogP) is 3.46. The maximum absolute atomic E-state index is 5.74. The van der Waals surface area contributed by atoms with E-state index < -0.39 is 0 Å². The fourth-order valence-corrected chi connectivity index (χ4v) is 2.69. The third-order valence-corrected chi connectivity index (χ3v) is 4.58. The molecule has 3 heteroatoms. The average Bonchev–Trinajstić information content (AvgIpc) is 2.37. The van der Waals surface area contributed by atoms with Gasteiger partial charge in [-0.05, 0) is 53.1 Å². The first-order valence-electron chi connectivity index (χ1n) is 5.91. The number of halogens is 1. The Morgan fingerprint density at radius 1 is 1.06 bits per heavy atom. The van der Waals surface area contributed by atoms with Gasteiger partial charge >= 0.3 is 0 Å². The molecule has 0 aromatic heterocycles. The third kappa shape index (κ3) is 2.74. The van der Waals surface area contributed by atoms with Crippen molar-refractivity contribution in [2.75, 3.05) is 0 Å². The van der Waals surface area contributed by atoms with Crippen LogP contribution in [0, 0.1) is 17.4 Å². The molecule has 3 N–H and O–H groups in total. The third-order valence-electron chi connectivity index (χ3n) is 3.11. The van der Waals surface area contributed by atoms with Crippen molar-refractivity contribution < 1.29 is 0 Å². The standard InChI is InChI=1S/C15H17IN2/c1-10-6-8-12(9-7-10)15(18-17)13-5-3-4-11(2)14(13)16/h3-9,15,18H,17H2,1-2H3. The van der Waals surface area contributed by atoms with E-state index in [4.69, 9.17) is 5.84 Å². The van der Waals surface area contributed by atoms with Crippen molar-refractivity contribution in [3.63, 3.8) is 0 Å². The molecule has 0 aliphatic carbocycles. The molecule has 0 saturated heterocycles. The summed E-state index contributed by atoms with van der Waals surface area (Å²) in [6.07, 6.45) is 0. The summed E-state index contributed by atoms with van der Waals surface area (Å²) in [5, 5.41) is 0. The van der Waals surface area contributed by atoms with Crippen molar-refractivity contribution in [1.82, 2.24) is 5.43 Å². The zero-order valence-electron chi connectivity index (χ0n) is 10.6. The van der Waals surface area contributed by atoms with Crippen molar-refractivity contribution in [2.45, 2.75) is 19.9 Å². The molecule has 0 aliphatic heterocycles. The van der Waals surface area contributed by atoms with Crippen LogP contribution >= 0.6 is 22.6 Å². The summed E-state index contributed by atoms with van der Waals surface area (Å²) < 4.78 is 1.26. The lowest BCUT2D eigenvalue weighted by Gasteiger charge is -2.19. The first kappa shape index (κ1) is 13.5. The molecule has 2 nitrogen and oxygen atoms in total. The highest BCUT2D eigenvalue weighted by atomic mass is 127. The van der Waals surface area contributed by atoms with Gasteiger partial charge in [0.2, 0.25) is 0 Å². The molecule has 0 bridgehead atoms. The average molecular weight is 352 g/mol. The van der Waals surface area contributed by atoms with E-state index in [1.165, 1.54) is 25.8 Å². The second kappa shape index (κ2) is 5.82. The van der Waals surface area contributed by atoms with Crippen LogP contribution in [0.2, 0.25) is 0 Å². The molecule has 0 radical (unpaired) electrons. The largest absolute Gasteiger partial charge is 0.271 e. The zero-order valence-corrected chi connectivity index (χ0v) is 12.7. The summed E-state index contributed by atoms with van der Waals surface area (Å²) in [6.45, 7) is 4.21. The molecule has 1 atom stereocenters. The minimum Gasteiger partial charge on any atom is -0.271 e. The van der Waals surface area contributed by atoms with E-state index in [1.54, 1.807) is 0 Å². The molecule has 2 rings (SSSR count). The topological polar surface area (TPSA) is 38.0 Å². The van der Waals surface area contributed by atoms with E-state index >= 15 is 0 Å². The fraction of sp³-hybridized carbons (Fsp3) is 0.200. The molecule has 0 fully saturated rings. The normalized spacial score (nSPS) is 12.4. The van der Waals surface area contributed by atoms with Crippen LogP contribution < -0.4 is 11.3 Å². The molecule has 0 aliphatic rings. The summed E-state index contributed by atoms with van der Waals surface area (Å²) in [5.41, 5.74) is 7.86. The van der Waals surface area contributed by atoms with Crippen molar-refractivity contribution in [1.29, 1.82) is 0 Å². The summed E-state index contributed by atoms with van der Waals surface area (Å²) in [6, 6.07) is 14.8. The SMILES string of the molecule is Cc1ccc(C(NN)c2cccc(C)c2I)cc1. The van der Waals surface area contributed by atoms with E-state index in [-0.39, 0.29) is 6.04 Å². The van der Waals surface area contributed by atoms with Gasteiger partial charge in [0.1, 0.15) is 0 Å². The van der Waals surface area contributed by atoms with Crippen LogP contribution in [0.25, 0.3) is 0 Å². The van der Waals surface area contributed by atoms with Crippen LogP contribution in [0.1, 0.15) is 28.3 Å². The van der Waals surface area contributed by atoms with Gasteiger partial charge in [0, 0.05) is 3.57 Å². The number of rotatable bonds is 3. The van der Waals surface area contributed by atoms with Crippen LogP contribution in [0.15, 0.2) is 42.5 Å². The lowest BCUT2D eigenvalue weighted by Crippen LogP contribution is -2.29. The molecule has 2 aromatic rings. The second-order valence-corrected chi connectivity index (χ2v) is 5.57. The number of aryl methyl sites for hydroxylation is 2. The minimum atomic E-state index is 0.0393. The Morgan fingerprint density at radius 3 is 2.33 bits per heavy atom. The van der Waals surface area contributed by atoms with Crippen LogP contribution in [0.5, 0.6) is 0 Å².